The zero-order valence-electron chi connectivity index (χ0n) is 16.4. The zero-order chi connectivity index (χ0) is 20.2. The van der Waals surface area contributed by atoms with Crippen molar-refractivity contribution in [2.24, 2.45) is 0 Å². The van der Waals surface area contributed by atoms with Gasteiger partial charge in [-0.25, -0.2) is 9.18 Å². The second-order valence-corrected chi connectivity index (χ2v) is 7.28. The summed E-state index contributed by atoms with van der Waals surface area (Å²) in [6.45, 7) is 3.31. The Morgan fingerprint density at radius 3 is 2.62 bits per heavy atom. The van der Waals surface area contributed by atoms with E-state index >= 15 is 0 Å². The number of fused-ring (bicyclic) bond motifs is 1. The number of carbonyl (C=O) groups excluding carboxylic acids is 1. The van der Waals surface area contributed by atoms with Crippen molar-refractivity contribution in [3.05, 3.63) is 65.0 Å². The summed E-state index contributed by atoms with van der Waals surface area (Å²) in [4.78, 5) is 13.8. The van der Waals surface area contributed by atoms with E-state index in [0.29, 0.717) is 12.4 Å². The topological polar surface area (TPSA) is 48.0 Å². The number of hydrogen-bond donors (Lipinski definition) is 0. The molecule has 2 aliphatic rings. The van der Waals surface area contributed by atoms with E-state index in [9.17, 15) is 9.18 Å². The normalized spacial score (nSPS) is 16.3. The molecule has 1 saturated heterocycles. The standard InChI is InChI=1S/C23H24FNO4/c1-27-22(26)15-28-19-8-9-21-20(12-19)23(16-4-6-18(24)7-5-16)17(14-29-21)13-25-10-2-3-11-25/h4-9,12H,2-3,10-11,13-15H2,1H3. The Morgan fingerprint density at radius 1 is 1.14 bits per heavy atom. The van der Waals surface area contributed by atoms with Crippen LogP contribution in [0.4, 0.5) is 4.39 Å². The summed E-state index contributed by atoms with van der Waals surface area (Å²) in [5, 5.41) is 0. The van der Waals surface area contributed by atoms with Crippen LogP contribution in [0.15, 0.2) is 48.0 Å². The van der Waals surface area contributed by atoms with Crippen LogP contribution in [0.3, 0.4) is 0 Å². The highest BCUT2D eigenvalue weighted by molar-refractivity contribution is 5.87. The lowest BCUT2D eigenvalue weighted by Crippen LogP contribution is -2.26. The quantitative estimate of drug-likeness (QED) is 0.696. The fraction of sp³-hybridized carbons (Fsp3) is 0.348. The first-order valence-electron chi connectivity index (χ1n) is 9.81. The molecular formula is C23H24FNO4. The molecule has 0 unspecified atom stereocenters. The van der Waals surface area contributed by atoms with Crippen molar-refractivity contribution in [1.29, 1.82) is 0 Å². The van der Waals surface area contributed by atoms with Crippen LogP contribution in [0.5, 0.6) is 11.5 Å². The van der Waals surface area contributed by atoms with Crippen LogP contribution in [-0.4, -0.2) is 50.8 Å². The second-order valence-electron chi connectivity index (χ2n) is 7.28. The molecule has 0 bridgehead atoms. The van der Waals surface area contributed by atoms with Gasteiger partial charge in [-0.2, -0.15) is 0 Å². The predicted octanol–water partition coefficient (Wildman–Crippen LogP) is 3.67. The smallest absolute Gasteiger partial charge is 0.343 e. The number of hydrogen-bond acceptors (Lipinski definition) is 5. The number of nitrogens with zero attached hydrogens (tertiary/aromatic N) is 1. The van der Waals surface area contributed by atoms with E-state index in [4.69, 9.17) is 9.47 Å². The average molecular weight is 397 g/mol. The third kappa shape index (κ3) is 4.43. The first-order chi connectivity index (χ1) is 14.1. The molecule has 0 amide bonds. The highest BCUT2D eigenvalue weighted by Crippen LogP contribution is 2.40. The third-order valence-electron chi connectivity index (χ3n) is 5.31. The van der Waals surface area contributed by atoms with Gasteiger partial charge in [0.05, 0.1) is 7.11 Å². The number of esters is 1. The molecule has 0 radical (unpaired) electrons. The maximum Gasteiger partial charge on any atom is 0.343 e. The van der Waals surface area contributed by atoms with Crippen LogP contribution >= 0.6 is 0 Å². The molecular weight excluding hydrogens is 373 g/mol. The van der Waals surface area contributed by atoms with Gasteiger partial charge in [0.2, 0.25) is 0 Å². The van der Waals surface area contributed by atoms with E-state index < -0.39 is 5.97 Å². The van der Waals surface area contributed by atoms with E-state index in [-0.39, 0.29) is 12.4 Å². The number of carbonyl (C=O) groups is 1. The van der Waals surface area contributed by atoms with Gasteiger partial charge >= 0.3 is 5.97 Å². The molecule has 2 aromatic carbocycles. The number of halogens is 1. The number of benzene rings is 2. The van der Waals surface area contributed by atoms with Crippen LogP contribution in [0.1, 0.15) is 24.0 Å². The third-order valence-corrected chi connectivity index (χ3v) is 5.31. The largest absolute Gasteiger partial charge is 0.489 e. The predicted molar refractivity (Wildman–Crippen MR) is 108 cm³/mol. The number of methoxy groups -OCH3 is 1. The van der Waals surface area contributed by atoms with Crippen LogP contribution < -0.4 is 9.47 Å². The van der Waals surface area contributed by atoms with Crippen molar-refractivity contribution in [3.63, 3.8) is 0 Å². The molecule has 0 aromatic heterocycles. The van der Waals surface area contributed by atoms with E-state index in [2.05, 4.69) is 9.64 Å². The minimum atomic E-state index is -0.442. The van der Waals surface area contributed by atoms with Gasteiger partial charge in [0.25, 0.3) is 0 Å². The van der Waals surface area contributed by atoms with Gasteiger partial charge in [0, 0.05) is 12.1 Å². The van der Waals surface area contributed by atoms with Crippen LogP contribution in [0, 0.1) is 5.82 Å². The monoisotopic (exact) mass is 397 g/mol. The van der Waals surface area contributed by atoms with Crippen molar-refractivity contribution < 1.29 is 23.4 Å². The van der Waals surface area contributed by atoms with Crippen LogP contribution in [0.25, 0.3) is 5.57 Å². The van der Waals surface area contributed by atoms with E-state index in [1.54, 1.807) is 18.2 Å². The maximum atomic E-state index is 13.5. The molecule has 29 heavy (non-hydrogen) atoms. The number of ether oxygens (including phenoxy) is 3. The highest BCUT2D eigenvalue weighted by Gasteiger charge is 2.25. The molecule has 5 nitrogen and oxygen atoms in total. The summed E-state index contributed by atoms with van der Waals surface area (Å²) < 4.78 is 29.8. The Hall–Kier alpha value is -2.86. The fourth-order valence-electron chi connectivity index (χ4n) is 3.86. The lowest BCUT2D eigenvalue weighted by Gasteiger charge is -2.27. The molecule has 0 aliphatic carbocycles. The maximum absolute atomic E-state index is 13.5. The van der Waals surface area contributed by atoms with Gasteiger partial charge in [-0.15, -0.1) is 0 Å². The molecule has 2 heterocycles. The van der Waals surface area contributed by atoms with Crippen molar-refractivity contribution in [3.8, 4) is 11.5 Å². The average Bonchev–Trinajstić information content (AvgIpc) is 3.25. The molecule has 0 N–H and O–H groups in total. The van der Waals surface area contributed by atoms with Crippen molar-refractivity contribution in [2.75, 3.05) is 40.0 Å². The molecule has 0 atom stereocenters. The fourth-order valence-corrected chi connectivity index (χ4v) is 3.86. The van der Waals surface area contributed by atoms with Gasteiger partial charge < -0.3 is 14.2 Å². The molecule has 0 saturated carbocycles. The summed E-state index contributed by atoms with van der Waals surface area (Å²) in [5.41, 5.74) is 4.03. The molecule has 1 fully saturated rings. The van der Waals surface area contributed by atoms with E-state index in [0.717, 1.165) is 47.7 Å². The number of rotatable bonds is 6. The van der Waals surface area contributed by atoms with Gasteiger partial charge in [-0.3, -0.25) is 4.90 Å². The minimum absolute atomic E-state index is 0.160. The molecule has 2 aliphatic heterocycles. The molecule has 0 spiro atoms. The summed E-state index contributed by atoms with van der Waals surface area (Å²) in [7, 11) is 1.33. The summed E-state index contributed by atoms with van der Waals surface area (Å²) >= 11 is 0. The Balaban J connectivity index is 1.72. The Labute approximate surface area is 169 Å². The molecule has 4 rings (SSSR count). The van der Waals surface area contributed by atoms with E-state index in [1.807, 2.05) is 12.1 Å². The van der Waals surface area contributed by atoms with Crippen LogP contribution in [-0.2, 0) is 9.53 Å². The zero-order valence-corrected chi connectivity index (χ0v) is 16.4. The molecule has 6 heteroatoms. The summed E-state index contributed by atoms with van der Waals surface area (Å²) in [6, 6.07) is 12.0. The highest BCUT2D eigenvalue weighted by atomic mass is 19.1. The minimum Gasteiger partial charge on any atom is -0.489 e. The molecule has 152 valence electrons. The van der Waals surface area contributed by atoms with Crippen LogP contribution in [0.2, 0.25) is 0 Å². The summed E-state index contributed by atoms with van der Waals surface area (Å²) in [5.74, 6) is 0.598. The lowest BCUT2D eigenvalue weighted by atomic mass is 9.90. The van der Waals surface area contributed by atoms with E-state index in [1.165, 1.54) is 32.1 Å². The molecule has 2 aromatic rings. The Morgan fingerprint density at radius 2 is 1.90 bits per heavy atom. The second kappa shape index (κ2) is 8.66. The summed E-state index contributed by atoms with van der Waals surface area (Å²) in [6.07, 6.45) is 2.42. The number of likely N-dealkylation sites (tertiary alicyclic amines) is 1. The Kier molecular flexibility index (Phi) is 5.81. The first kappa shape index (κ1) is 19.5. The Bertz CT molecular complexity index is 917. The van der Waals surface area contributed by atoms with Crippen molar-refractivity contribution in [1.82, 2.24) is 4.90 Å². The van der Waals surface area contributed by atoms with Crippen molar-refractivity contribution >= 4 is 11.5 Å². The SMILES string of the molecule is COC(=O)COc1ccc2c(c1)C(c1ccc(F)cc1)=C(CN1CCCC1)CO2. The van der Waals surface area contributed by atoms with Gasteiger partial charge in [0.1, 0.15) is 23.9 Å². The van der Waals surface area contributed by atoms with Gasteiger partial charge in [-0.1, -0.05) is 12.1 Å². The van der Waals surface area contributed by atoms with Gasteiger partial charge in [0.15, 0.2) is 6.61 Å². The van der Waals surface area contributed by atoms with Gasteiger partial charge in [-0.05, 0) is 73.0 Å². The lowest BCUT2D eigenvalue weighted by molar-refractivity contribution is -0.142. The first-order valence-corrected chi connectivity index (χ1v) is 9.81. The van der Waals surface area contributed by atoms with Crippen molar-refractivity contribution in [2.45, 2.75) is 12.8 Å².